The van der Waals surface area contributed by atoms with Crippen molar-refractivity contribution in [1.29, 1.82) is 0 Å². The van der Waals surface area contributed by atoms with E-state index < -0.39 is 0 Å². The van der Waals surface area contributed by atoms with E-state index in [1.54, 1.807) is 0 Å². The first-order valence-electron chi connectivity index (χ1n) is 5.69. The van der Waals surface area contributed by atoms with Crippen LogP contribution < -0.4 is 11.1 Å². The van der Waals surface area contributed by atoms with E-state index in [4.69, 9.17) is 4.42 Å². The van der Waals surface area contributed by atoms with Crippen LogP contribution in [0.15, 0.2) is 27.4 Å². The highest BCUT2D eigenvalue weighted by Gasteiger charge is 2.15. The Morgan fingerprint density at radius 2 is 2.25 bits per heavy atom. The summed E-state index contributed by atoms with van der Waals surface area (Å²) in [6.07, 6.45) is 3.66. The number of hydrogen-bond acceptors (Lipinski definition) is 3. The van der Waals surface area contributed by atoms with Gasteiger partial charge in [0.05, 0.1) is 5.52 Å². The van der Waals surface area contributed by atoms with Gasteiger partial charge in [0.2, 0.25) is 0 Å². The summed E-state index contributed by atoms with van der Waals surface area (Å²) < 4.78 is 5.06. The number of benzene rings is 1. The van der Waals surface area contributed by atoms with E-state index in [9.17, 15) is 4.79 Å². The second-order valence-electron chi connectivity index (χ2n) is 4.27. The first kappa shape index (κ1) is 9.66. The Kier molecular flexibility index (Phi) is 2.29. The zero-order valence-corrected chi connectivity index (χ0v) is 8.95. The quantitative estimate of drug-likeness (QED) is 0.769. The van der Waals surface area contributed by atoms with Crippen LogP contribution in [0.5, 0.6) is 0 Å². The zero-order chi connectivity index (χ0) is 11.0. The lowest BCUT2D eigenvalue weighted by molar-refractivity contribution is 0.412. The third-order valence-electron chi connectivity index (χ3n) is 3.16. The van der Waals surface area contributed by atoms with Gasteiger partial charge >= 0.3 is 5.76 Å². The summed E-state index contributed by atoms with van der Waals surface area (Å²) in [5.74, 6) is -0.385. The molecule has 3 rings (SSSR count). The van der Waals surface area contributed by atoms with E-state index in [1.807, 2.05) is 12.1 Å². The van der Waals surface area contributed by atoms with Gasteiger partial charge in [-0.25, -0.2) is 4.79 Å². The molecule has 0 spiro atoms. The van der Waals surface area contributed by atoms with Crippen molar-refractivity contribution in [2.24, 2.45) is 0 Å². The van der Waals surface area contributed by atoms with Crippen LogP contribution in [0.1, 0.15) is 30.9 Å². The number of aromatic amines is 1. The molecular formula is C12H14N2O2. The van der Waals surface area contributed by atoms with Crippen molar-refractivity contribution in [3.05, 3.63) is 34.3 Å². The van der Waals surface area contributed by atoms with Gasteiger partial charge in [0.1, 0.15) is 0 Å². The van der Waals surface area contributed by atoms with Crippen LogP contribution in [0.4, 0.5) is 0 Å². The van der Waals surface area contributed by atoms with Crippen LogP contribution in [0.3, 0.4) is 0 Å². The van der Waals surface area contributed by atoms with Gasteiger partial charge in [-0.2, -0.15) is 0 Å². The summed E-state index contributed by atoms with van der Waals surface area (Å²) in [7, 11) is 0. The van der Waals surface area contributed by atoms with Crippen molar-refractivity contribution in [2.75, 3.05) is 6.54 Å². The Balaban J connectivity index is 2.00. The molecule has 0 aliphatic carbocycles. The maximum absolute atomic E-state index is 11.0. The van der Waals surface area contributed by atoms with Gasteiger partial charge in [0.15, 0.2) is 5.58 Å². The van der Waals surface area contributed by atoms with Gasteiger partial charge in [-0.3, -0.25) is 4.98 Å². The van der Waals surface area contributed by atoms with Crippen molar-refractivity contribution in [1.82, 2.24) is 10.3 Å². The Morgan fingerprint density at radius 3 is 3.06 bits per heavy atom. The van der Waals surface area contributed by atoms with E-state index in [1.165, 1.54) is 18.4 Å². The monoisotopic (exact) mass is 218 g/mol. The standard InChI is InChI=1S/C12H14N2O2/c15-12-14-10-5-4-8(7-11(10)16-12)9-3-1-2-6-13-9/h4-5,7,9,13H,1-3,6H2,(H,14,15). The molecule has 4 nitrogen and oxygen atoms in total. The van der Waals surface area contributed by atoms with Crippen molar-refractivity contribution >= 4 is 11.1 Å². The molecule has 4 heteroatoms. The van der Waals surface area contributed by atoms with Gasteiger partial charge in [-0.05, 0) is 37.1 Å². The average molecular weight is 218 g/mol. The minimum atomic E-state index is -0.385. The lowest BCUT2D eigenvalue weighted by Crippen LogP contribution is -2.26. The first-order valence-corrected chi connectivity index (χ1v) is 5.69. The average Bonchev–Trinajstić information content (AvgIpc) is 2.69. The Morgan fingerprint density at radius 1 is 1.31 bits per heavy atom. The number of nitrogens with one attached hydrogen (secondary N) is 2. The number of fused-ring (bicyclic) bond motifs is 1. The Bertz CT molecular complexity index is 549. The molecule has 1 atom stereocenters. The number of H-pyrrole nitrogens is 1. The fourth-order valence-electron chi connectivity index (χ4n) is 2.32. The smallest absolute Gasteiger partial charge is 0.408 e. The topological polar surface area (TPSA) is 58.0 Å². The summed E-state index contributed by atoms with van der Waals surface area (Å²) in [5, 5.41) is 3.48. The number of aromatic nitrogens is 1. The van der Waals surface area contributed by atoms with Crippen LogP contribution >= 0.6 is 0 Å². The molecule has 16 heavy (non-hydrogen) atoms. The third-order valence-corrected chi connectivity index (χ3v) is 3.16. The predicted octanol–water partition coefficient (Wildman–Crippen LogP) is 1.94. The summed E-state index contributed by atoms with van der Waals surface area (Å²) in [6, 6.07) is 6.32. The number of hydrogen-bond donors (Lipinski definition) is 2. The lowest BCUT2D eigenvalue weighted by Gasteiger charge is -2.23. The van der Waals surface area contributed by atoms with E-state index >= 15 is 0 Å². The molecule has 84 valence electrons. The third kappa shape index (κ3) is 1.65. The molecule has 1 unspecified atom stereocenters. The summed E-state index contributed by atoms with van der Waals surface area (Å²) in [4.78, 5) is 13.7. The highest BCUT2D eigenvalue weighted by atomic mass is 16.4. The van der Waals surface area contributed by atoms with Crippen LogP contribution in [-0.4, -0.2) is 11.5 Å². The van der Waals surface area contributed by atoms with Gasteiger partial charge in [-0.1, -0.05) is 12.5 Å². The second-order valence-corrected chi connectivity index (χ2v) is 4.27. The lowest BCUT2D eigenvalue weighted by atomic mass is 9.97. The molecule has 2 N–H and O–H groups in total. The largest absolute Gasteiger partial charge is 0.417 e. The first-order chi connectivity index (χ1) is 7.83. The van der Waals surface area contributed by atoms with E-state index in [-0.39, 0.29) is 5.76 Å². The van der Waals surface area contributed by atoms with E-state index in [2.05, 4.69) is 16.4 Å². The van der Waals surface area contributed by atoms with Crippen LogP contribution in [-0.2, 0) is 0 Å². The van der Waals surface area contributed by atoms with Gasteiger partial charge < -0.3 is 9.73 Å². The molecule has 1 aliphatic rings. The highest BCUT2D eigenvalue weighted by molar-refractivity contribution is 5.72. The maximum Gasteiger partial charge on any atom is 0.417 e. The summed E-state index contributed by atoms with van der Waals surface area (Å²) in [6.45, 7) is 1.07. The van der Waals surface area contributed by atoms with Crippen molar-refractivity contribution in [3.63, 3.8) is 0 Å². The molecule has 0 bridgehead atoms. The second kappa shape index (κ2) is 3.79. The SMILES string of the molecule is O=c1[nH]c2ccc(C3CCCCN3)cc2o1. The highest BCUT2D eigenvalue weighted by Crippen LogP contribution is 2.25. The molecule has 0 radical (unpaired) electrons. The van der Waals surface area contributed by atoms with Crippen molar-refractivity contribution < 1.29 is 4.42 Å². The van der Waals surface area contributed by atoms with Crippen LogP contribution in [0.25, 0.3) is 11.1 Å². The van der Waals surface area contributed by atoms with Crippen molar-refractivity contribution in [2.45, 2.75) is 25.3 Å². The Hall–Kier alpha value is -1.55. The van der Waals surface area contributed by atoms with Crippen LogP contribution in [0.2, 0.25) is 0 Å². The fourth-order valence-corrected chi connectivity index (χ4v) is 2.32. The molecule has 0 amide bonds. The zero-order valence-electron chi connectivity index (χ0n) is 8.95. The molecule has 1 aromatic heterocycles. The maximum atomic E-state index is 11.0. The van der Waals surface area contributed by atoms with E-state index in [0.29, 0.717) is 11.6 Å². The van der Waals surface area contributed by atoms with Crippen LogP contribution in [0, 0.1) is 0 Å². The molecular weight excluding hydrogens is 204 g/mol. The summed E-state index contributed by atoms with van der Waals surface area (Å²) >= 11 is 0. The molecule has 1 aromatic carbocycles. The molecule has 1 saturated heterocycles. The molecule has 0 saturated carbocycles. The Labute approximate surface area is 92.7 Å². The number of rotatable bonds is 1. The molecule has 2 aromatic rings. The number of oxazole rings is 1. The fraction of sp³-hybridized carbons (Fsp3) is 0.417. The predicted molar refractivity (Wildman–Crippen MR) is 61.4 cm³/mol. The summed E-state index contributed by atoms with van der Waals surface area (Å²) in [5.41, 5.74) is 2.62. The molecule has 1 aliphatic heterocycles. The van der Waals surface area contributed by atoms with Crippen molar-refractivity contribution in [3.8, 4) is 0 Å². The van der Waals surface area contributed by atoms with E-state index in [0.717, 1.165) is 18.5 Å². The minimum Gasteiger partial charge on any atom is -0.408 e. The minimum absolute atomic E-state index is 0.385. The van der Waals surface area contributed by atoms with Gasteiger partial charge in [-0.15, -0.1) is 0 Å². The molecule has 2 heterocycles. The number of piperidine rings is 1. The van der Waals surface area contributed by atoms with Gasteiger partial charge in [0.25, 0.3) is 0 Å². The normalized spacial score (nSPS) is 21.4. The molecule has 1 fully saturated rings. The van der Waals surface area contributed by atoms with Gasteiger partial charge in [0, 0.05) is 6.04 Å².